The molecule has 3 rings (SSSR count). The first-order valence-electron chi connectivity index (χ1n) is 8.41. The number of rotatable bonds is 3. The Morgan fingerprint density at radius 3 is 1.96 bits per heavy atom. The molecule has 2 atom stereocenters. The lowest BCUT2D eigenvalue weighted by Gasteiger charge is -2.31. The first kappa shape index (κ1) is 16.0. The van der Waals surface area contributed by atoms with Crippen LogP contribution in [0.5, 0.6) is 0 Å². The summed E-state index contributed by atoms with van der Waals surface area (Å²) in [4.78, 5) is 51.1. The van der Waals surface area contributed by atoms with Gasteiger partial charge in [0.1, 0.15) is 6.54 Å². The number of imide groups is 1. The Labute approximate surface area is 135 Å². The number of hydrogen-bond donors (Lipinski definition) is 1. The molecule has 2 aliphatic heterocycles. The van der Waals surface area contributed by atoms with E-state index >= 15 is 0 Å². The molecule has 3 aliphatic rings. The quantitative estimate of drug-likeness (QED) is 0.733. The lowest BCUT2D eigenvalue weighted by atomic mass is 9.81. The van der Waals surface area contributed by atoms with Crippen molar-refractivity contribution in [2.45, 2.75) is 38.5 Å². The molecule has 1 aliphatic carbocycles. The summed E-state index contributed by atoms with van der Waals surface area (Å²) in [6.07, 6.45) is 4.56. The summed E-state index contributed by atoms with van der Waals surface area (Å²) in [6.45, 7) is 0.747. The van der Waals surface area contributed by atoms with Gasteiger partial charge < -0.3 is 10.6 Å². The molecule has 7 nitrogen and oxygen atoms in total. The molecule has 2 heterocycles. The van der Waals surface area contributed by atoms with Crippen molar-refractivity contribution in [1.29, 1.82) is 0 Å². The number of nitrogens with two attached hydrogens (primary N) is 1. The van der Waals surface area contributed by atoms with E-state index in [9.17, 15) is 19.2 Å². The fraction of sp³-hybridized carbons (Fsp3) is 0.750. The molecule has 0 aromatic heterocycles. The van der Waals surface area contributed by atoms with E-state index in [0.29, 0.717) is 25.9 Å². The van der Waals surface area contributed by atoms with E-state index in [1.54, 1.807) is 4.90 Å². The highest BCUT2D eigenvalue weighted by Gasteiger charge is 2.48. The zero-order valence-corrected chi connectivity index (χ0v) is 13.2. The largest absolute Gasteiger partial charge is 0.369 e. The molecule has 2 saturated heterocycles. The van der Waals surface area contributed by atoms with Crippen LogP contribution in [0.15, 0.2) is 0 Å². The second-order valence-electron chi connectivity index (χ2n) is 6.82. The van der Waals surface area contributed by atoms with Crippen LogP contribution in [0, 0.1) is 17.8 Å². The van der Waals surface area contributed by atoms with Crippen molar-refractivity contribution in [3.8, 4) is 0 Å². The van der Waals surface area contributed by atoms with Crippen LogP contribution in [-0.4, -0.2) is 53.1 Å². The smallest absolute Gasteiger partial charge is 0.242 e. The lowest BCUT2D eigenvalue weighted by molar-refractivity contribution is -0.147. The monoisotopic (exact) mass is 321 g/mol. The van der Waals surface area contributed by atoms with Gasteiger partial charge in [0, 0.05) is 19.0 Å². The van der Waals surface area contributed by atoms with E-state index in [1.165, 1.54) is 0 Å². The van der Waals surface area contributed by atoms with Gasteiger partial charge in [0.25, 0.3) is 0 Å². The molecule has 0 aromatic rings. The van der Waals surface area contributed by atoms with Gasteiger partial charge in [-0.2, -0.15) is 0 Å². The molecule has 2 N–H and O–H groups in total. The molecule has 0 aromatic carbocycles. The maximum atomic E-state index is 12.4. The molecule has 126 valence electrons. The van der Waals surface area contributed by atoms with Crippen molar-refractivity contribution in [3.63, 3.8) is 0 Å². The minimum absolute atomic E-state index is 0.161. The van der Waals surface area contributed by atoms with Crippen LogP contribution in [0.4, 0.5) is 0 Å². The van der Waals surface area contributed by atoms with Gasteiger partial charge in [0.05, 0.1) is 11.8 Å². The number of carbonyl (C=O) groups is 4. The van der Waals surface area contributed by atoms with Crippen LogP contribution in [0.3, 0.4) is 0 Å². The normalized spacial score (nSPS) is 28.9. The summed E-state index contributed by atoms with van der Waals surface area (Å²) in [6, 6.07) is 0. The van der Waals surface area contributed by atoms with Crippen LogP contribution in [-0.2, 0) is 19.2 Å². The molecule has 7 heteroatoms. The summed E-state index contributed by atoms with van der Waals surface area (Å²) >= 11 is 0. The summed E-state index contributed by atoms with van der Waals surface area (Å²) in [5, 5.41) is 0. The highest BCUT2D eigenvalue weighted by Crippen LogP contribution is 2.37. The summed E-state index contributed by atoms with van der Waals surface area (Å²) < 4.78 is 0. The number of piperidine rings is 1. The molecular weight excluding hydrogens is 298 g/mol. The Morgan fingerprint density at radius 2 is 1.48 bits per heavy atom. The van der Waals surface area contributed by atoms with Gasteiger partial charge in [-0.1, -0.05) is 12.8 Å². The number of amides is 4. The van der Waals surface area contributed by atoms with Crippen molar-refractivity contribution >= 4 is 23.6 Å². The number of fused-ring (bicyclic) bond motifs is 1. The molecule has 0 spiro atoms. The molecule has 1 saturated carbocycles. The van der Waals surface area contributed by atoms with Crippen molar-refractivity contribution in [3.05, 3.63) is 0 Å². The number of nitrogens with zero attached hydrogens (tertiary/aromatic N) is 2. The van der Waals surface area contributed by atoms with Gasteiger partial charge in [-0.15, -0.1) is 0 Å². The highest BCUT2D eigenvalue weighted by atomic mass is 16.2. The maximum Gasteiger partial charge on any atom is 0.242 e. The molecule has 2 unspecified atom stereocenters. The van der Waals surface area contributed by atoms with Gasteiger partial charge >= 0.3 is 0 Å². The van der Waals surface area contributed by atoms with Gasteiger partial charge in [-0.25, -0.2) is 0 Å². The molecule has 23 heavy (non-hydrogen) atoms. The zero-order chi connectivity index (χ0) is 16.6. The first-order valence-corrected chi connectivity index (χ1v) is 8.41. The summed E-state index contributed by atoms with van der Waals surface area (Å²) in [7, 11) is 0. The molecule has 0 radical (unpaired) electrons. The number of primary amides is 1. The SMILES string of the molecule is NC(=O)C1CCN(C(=O)CN2C(=O)C3CCCCC3C2=O)CC1. The highest BCUT2D eigenvalue weighted by molar-refractivity contribution is 6.07. The predicted molar refractivity (Wildman–Crippen MR) is 80.7 cm³/mol. The van der Waals surface area contributed by atoms with E-state index in [-0.39, 0.29) is 47.9 Å². The van der Waals surface area contributed by atoms with Crippen LogP contribution < -0.4 is 5.73 Å². The fourth-order valence-corrected chi connectivity index (χ4v) is 4.04. The molecule has 4 amide bonds. The summed E-state index contributed by atoms with van der Waals surface area (Å²) in [5.74, 6) is -1.52. The number of likely N-dealkylation sites (tertiary alicyclic amines) is 2. The van der Waals surface area contributed by atoms with Crippen molar-refractivity contribution in [2.24, 2.45) is 23.5 Å². The van der Waals surface area contributed by atoms with E-state index in [0.717, 1.165) is 30.6 Å². The van der Waals surface area contributed by atoms with Crippen LogP contribution >= 0.6 is 0 Å². The Kier molecular flexibility index (Phi) is 4.37. The van der Waals surface area contributed by atoms with Crippen LogP contribution in [0.2, 0.25) is 0 Å². The predicted octanol–water partition coefficient (Wildman–Crippen LogP) is -0.115. The minimum atomic E-state index is -0.328. The van der Waals surface area contributed by atoms with Gasteiger partial charge in [0.15, 0.2) is 0 Å². The van der Waals surface area contributed by atoms with Gasteiger partial charge in [0.2, 0.25) is 23.6 Å². The minimum Gasteiger partial charge on any atom is -0.369 e. The third-order valence-electron chi connectivity index (χ3n) is 5.48. The topological polar surface area (TPSA) is 101 Å². The van der Waals surface area contributed by atoms with E-state index in [2.05, 4.69) is 0 Å². The second kappa shape index (κ2) is 6.29. The lowest BCUT2D eigenvalue weighted by Crippen LogP contribution is -2.47. The van der Waals surface area contributed by atoms with Crippen LogP contribution in [0.25, 0.3) is 0 Å². The first-order chi connectivity index (χ1) is 11.0. The Balaban J connectivity index is 1.59. The maximum absolute atomic E-state index is 12.4. The van der Waals surface area contributed by atoms with Gasteiger partial charge in [-0.05, 0) is 25.7 Å². The van der Waals surface area contributed by atoms with Crippen LogP contribution in [0.1, 0.15) is 38.5 Å². The zero-order valence-electron chi connectivity index (χ0n) is 13.2. The average molecular weight is 321 g/mol. The van der Waals surface area contributed by atoms with E-state index in [1.807, 2.05) is 0 Å². The number of carbonyl (C=O) groups excluding carboxylic acids is 4. The average Bonchev–Trinajstić information content (AvgIpc) is 2.80. The summed E-state index contributed by atoms with van der Waals surface area (Å²) in [5.41, 5.74) is 5.28. The third kappa shape index (κ3) is 2.96. The molecular formula is C16H23N3O4. The fourth-order valence-electron chi connectivity index (χ4n) is 4.04. The van der Waals surface area contributed by atoms with Gasteiger partial charge in [-0.3, -0.25) is 24.1 Å². The Morgan fingerprint density at radius 1 is 0.957 bits per heavy atom. The van der Waals surface area contributed by atoms with Crippen molar-refractivity contribution in [2.75, 3.05) is 19.6 Å². The number of hydrogen-bond acceptors (Lipinski definition) is 4. The van der Waals surface area contributed by atoms with E-state index in [4.69, 9.17) is 5.73 Å². The van der Waals surface area contributed by atoms with Crippen molar-refractivity contribution < 1.29 is 19.2 Å². The Hall–Kier alpha value is -1.92. The third-order valence-corrected chi connectivity index (χ3v) is 5.48. The van der Waals surface area contributed by atoms with Crippen molar-refractivity contribution in [1.82, 2.24) is 9.80 Å². The standard InChI is InChI=1S/C16H23N3O4/c17-14(21)10-5-7-18(8-6-10)13(20)9-19-15(22)11-3-1-2-4-12(11)16(19)23/h10-12H,1-9H2,(H2,17,21). The molecule has 0 bridgehead atoms. The Bertz CT molecular complexity index is 515. The second-order valence-corrected chi connectivity index (χ2v) is 6.82. The van der Waals surface area contributed by atoms with E-state index < -0.39 is 0 Å². The molecule has 3 fully saturated rings.